The first-order valence-electron chi connectivity index (χ1n) is 6.59. The van der Waals surface area contributed by atoms with Gasteiger partial charge in [0.1, 0.15) is 0 Å². The fraction of sp³-hybridized carbons (Fsp3) is 0.929. The molecule has 0 saturated carbocycles. The summed E-state index contributed by atoms with van der Waals surface area (Å²) in [7, 11) is 0. The van der Waals surface area contributed by atoms with Crippen LogP contribution in [-0.2, 0) is 4.79 Å². The van der Waals surface area contributed by atoms with Gasteiger partial charge < -0.3 is 10.8 Å². The largest absolute Gasteiger partial charge is 0.481 e. The Morgan fingerprint density at radius 1 is 1.24 bits per heavy atom. The van der Waals surface area contributed by atoms with E-state index in [1.807, 2.05) is 0 Å². The Bertz CT molecular complexity index is 233. The van der Waals surface area contributed by atoms with Gasteiger partial charge in [0.05, 0.1) is 6.42 Å². The summed E-state index contributed by atoms with van der Waals surface area (Å²) in [4.78, 5) is 10.6. The molecule has 102 valence electrons. The van der Waals surface area contributed by atoms with Crippen LogP contribution in [0.4, 0.5) is 0 Å². The highest BCUT2D eigenvalue weighted by Crippen LogP contribution is 2.28. The molecule has 3 atom stereocenters. The van der Waals surface area contributed by atoms with Crippen LogP contribution >= 0.6 is 0 Å². The van der Waals surface area contributed by atoms with Crippen molar-refractivity contribution >= 4 is 5.97 Å². The van der Waals surface area contributed by atoms with E-state index in [0.29, 0.717) is 11.3 Å². The monoisotopic (exact) mass is 243 g/mol. The molecule has 0 radical (unpaired) electrons. The zero-order chi connectivity index (χ0) is 13.6. The van der Waals surface area contributed by atoms with Crippen LogP contribution in [0.2, 0.25) is 0 Å². The Morgan fingerprint density at radius 2 is 1.76 bits per heavy atom. The first-order valence-corrected chi connectivity index (χ1v) is 6.59. The van der Waals surface area contributed by atoms with Gasteiger partial charge in [-0.1, -0.05) is 41.0 Å². The summed E-state index contributed by atoms with van der Waals surface area (Å²) < 4.78 is 0. The second kappa shape index (κ2) is 7.00. The number of carboxylic acid groups (broad SMARTS) is 1. The summed E-state index contributed by atoms with van der Waals surface area (Å²) >= 11 is 0. The van der Waals surface area contributed by atoms with Crippen LogP contribution < -0.4 is 5.73 Å². The zero-order valence-electron chi connectivity index (χ0n) is 12.0. The molecular weight excluding hydrogens is 214 g/mol. The number of carbonyl (C=O) groups is 1. The Morgan fingerprint density at radius 3 is 2.18 bits per heavy atom. The molecule has 0 heterocycles. The first kappa shape index (κ1) is 16.4. The van der Waals surface area contributed by atoms with Gasteiger partial charge in [-0.05, 0) is 30.1 Å². The van der Waals surface area contributed by atoms with Crippen LogP contribution in [0.25, 0.3) is 0 Å². The number of hydrogen-bond donors (Lipinski definition) is 2. The van der Waals surface area contributed by atoms with E-state index in [9.17, 15) is 4.79 Å². The fourth-order valence-corrected chi connectivity index (χ4v) is 2.31. The first-order chi connectivity index (χ1) is 7.61. The van der Waals surface area contributed by atoms with E-state index in [2.05, 4.69) is 34.6 Å². The van der Waals surface area contributed by atoms with E-state index in [4.69, 9.17) is 10.8 Å². The molecule has 0 aliphatic heterocycles. The van der Waals surface area contributed by atoms with Gasteiger partial charge >= 0.3 is 5.97 Å². The molecule has 3 unspecified atom stereocenters. The predicted molar refractivity (Wildman–Crippen MR) is 71.9 cm³/mol. The van der Waals surface area contributed by atoms with Crippen molar-refractivity contribution < 1.29 is 9.90 Å². The van der Waals surface area contributed by atoms with Gasteiger partial charge in [0, 0.05) is 6.04 Å². The van der Waals surface area contributed by atoms with Crippen LogP contribution in [0.5, 0.6) is 0 Å². The minimum absolute atomic E-state index is 0.0782. The number of hydrogen-bond acceptors (Lipinski definition) is 2. The minimum Gasteiger partial charge on any atom is -0.481 e. The second-order valence-corrected chi connectivity index (χ2v) is 6.69. The fourth-order valence-electron chi connectivity index (χ4n) is 2.31. The van der Waals surface area contributed by atoms with Crippen molar-refractivity contribution in [2.75, 3.05) is 0 Å². The van der Waals surface area contributed by atoms with Crippen LogP contribution in [0, 0.1) is 17.3 Å². The van der Waals surface area contributed by atoms with Crippen LogP contribution in [-0.4, -0.2) is 17.1 Å². The Labute approximate surface area is 106 Å². The maximum atomic E-state index is 10.6. The average molecular weight is 243 g/mol. The van der Waals surface area contributed by atoms with Gasteiger partial charge in [-0.2, -0.15) is 0 Å². The van der Waals surface area contributed by atoms with E-state index in [-0.39, 0.29) is 18.4 Å². The summed E-state index contributed by atoms with van der Waals surface area (Å²) in [6, 6.07) is -0.214. The normalized spacial score (nSPS) is 17.5. The van der Waals surface area contributed by atoms with Crippen molar-refractivity contribution in [1.82, 2.24) is 0 Å². The maximum Gasteiger partial charge on any atom is 0.304 e. The summed E-state index contributed by atoms with van der Waals surface area (Å²) in [5.41, 5.74) is 6.22. The van der Waals surface area contributed by atoms with Crippen LogP contribution in [0.3, 0.4) is 0 Å². The van der Waals surface area contributed by atoms with Gasteiger partial charge in [0.15, 0.2) is 0 Å². The molecule has 3 N–H and O–H groups in total. The molecule has 0 aliphatic rings. The third-order valence-corrected chi connectivity index (χ3v) is 3.22. The molecule has 17 heavy (non-hydrogen) atoms. The van der Waals surface area contributed by atoms with Crippen molar-refractivity contribution in [3.8, 4) is 0 Å². The van der Waals surface area contributed by atoms with Gasteiger partial charge in [-0.15, -0.1) is 0 Å². The molecule has 0 spiro atoms. The standard InChI is InChI=1S/C14H29NO2/c1-10(9-14(3,4)5)6-7-11(2)12(15)8-13(16)17/h10-12H,6-9,15H2,1-5H3,(H,16,17). The molecule has 0 aliphatic carbocycles. The lowest BCUT2D eigenvalue weighted by atomic mass is 9.82. The van der Waals surface area contributed by atoms with E-state index >= 15 is 0 Å². The average Bonchev–Trinajstić information content (AvgIpc) is 2.10. The van der Waals surface area contributed by atoms with Gasteiger partial charge in [-0.3, -0.25) is 4.79 Å². The Kier molecular flexibility index (Phi) is 6.76. The van der Waals surface area contributed by atoms with Gasteiger partial charge in [0.2, 0.25) is 0 Å². The van der Waals surface area contributed by atoms with E-state index in [1.54, 1.807) is 0 Å². The summed E-state index contributed by atoms with van der Waals surface area (Å²) in [5, 5.41) is 8.68. The van der Waals surface area contributed by atoms with Crippen molar-refractivity contribution in [1.29, 1.82) is 0 Å². The van der Waals surface area contributed by atoms with Crippen molar-refractivity contribution in [2.24, 2.45) is 23.0 Å². The topological polar surface area (TPSA) is 63.3 Å². The third-order valence-electron chi connectivity index (χ3n) is 3.22. The lowest BCUT2D eigenvalue weighted by Crippen LogP contribution is -2.31. The van der Waals surface area contributed by atoms with E-state index < -0.39 is 5.97 Å². The molecule has 0 aromatic heterocycles. The van der Waals surface area contributed by atoms with Gasteiger partial charge in [0.25, 0.3) is 0 Å². The zero-order valence-corrected chi connectivity index (χ0v) is 12.0. The lowest BCUT2D eigenvalue weighted by Gasteiger charge is -2.25. The van der Waals surface area contributed by atoms with E-state index in [0.717, 1.165) is 12.8 Å². The quantitative estimate of drug-likeness (QED) is 0.721. The van der Waals surface area contributed by atoms with Crippen LogP contribution in [0.15, 0.2) is 0 Å². The molecule has 0 rings (SSSR count). The third kappa shape index (κ3) is 9.16. The number of aliphatic carboxylic acids is 1. The minimum atomic E-state index is -0.799. The SMILES string of the molecule is CC(CCC(C)C(N)CC(=O)O)CC(C)(C)C. The molecule has 3 nitrogen and oxygen atoms in total. The van der Waals surface area contributed by atoms with Gasteiger partial charge in [-0.25, -0.2) is 0 Å². The highest BCUT2D eigenvalue weighted by atomic mass is 16.4. The highest BCUT2D eigenvalue weighted by Gasteiger charge is 2.19. The van der Waals surface area contributed by atoms with E-state index in [1.165, 1.54) is 6.42 Å². The molecule has 0 aromatic carbocycles. The van der Waals surface area contributed by atoms with Crippen LogP contribution in [0.1, 0.15) is 60.3 Å². The summed E-state index contributed by atoms with van der Waals surface area (Å²) in [6.45, 7) is 11.1. The summed E-state index contributed by atoms with van der Waals surface area (Å²) in [5.74, 6) is 0.162. The second-order valence-electron chi connectivity index (χ2n) is 6.69. The smallest absolute Gasteiger partial charge is 0.304 e. The Hall–Kier alpha value is -0.570. The lowest BCUT2D eigenvalue weighted by molar-refractivity contribution is -0.137. The molecule has 3 heteroatoms. The number of carboxylic acids is 1. The summed E-state index contributed by atoms with van der Waals surface area (Å²) in [6.07, 6.45) is 3.43. The molecular formula is C14H29NO2. The molecule has 0 amide bonds. The molecule has 0 aromatic rings. The van der Waals surface area contributed by atoms with Crippen molar-refractivity contribution in [3.63, 3.8) is 0 Å². The molecule has 0 fully saturated rings. The number of rotatable bonds is 7. The maximum absolute atomic E-state index is 10.6. The molecule has 0 bridgehead atoms. The Balaban J connectivity index is 3.90. The van der Waals surface area contributed by atoms with Crippen molar-refractivity contribution in [2.45, 2.75) is 66.3 Å². The predicted octanol–water partition coefficient (Wildman–Crippen LogP) is 3.28. The molecule has 0 saturated heterocycles. The van der Waals surface area contributed by atoms with Crippen molar-refractivity contribution in [3.05, 3.63) is 0 Å². The number of nitrogens with two attached hydrogens (primary N) is 1. The highest BCUT2D eigenvalue weighted by molar-refractivity contribution is 5.67.